The van der Waals surface area contributed by atoms with Crippen molar-refractivity contribution in [3.05, 3.63) is 70.8 Å². The van der Waals surface area contributed by atoms with Gasteiger partial charge in [-0.25, -0.2) is 35.9 Å². The molecule has 30 heavy (non-hydrogen) atoms. The van der Waals surface area contributed by atoms with Crippen LogP contribution in [0.15, 0.2) is 58.3 Å². The number of benzene rings is 2. The van der Waals surface area contributed by atoms with Crippen LogP contribution in [0.3, 0.4) is 0 Å². The second-order valence-corrected chi connectivity index (χ2v) is 10.1. The lowest BCUT2D eigenvalue weighted by Gasteiger charge is -2.11. The maximum Gasteiger partial charge on any atom is 0.264 e. The van der Waals surface area contributed by atoms with Crippen molar-refractivity contribution in [3.63, 3.8) is 0 Å². The van der Waals surface area contributed by atoms with E-state index in [4.69, 9.17) is 11.6 Å². The first-order chi connectivity index (χ1) is 14.0. The molecule has 1 heterocycles. The van der Waals surface area contributed by atoms with E-state index in [9.17, 15) is 21.2 Å². The molecule has 0 amide bonds. The summed E-state index contributed by atoms with van der Waals surface area (Å²) >= 11 is 5.64. The molecule has 2 aromatic carbocycles. The number of nitrogens with one attached hydrogen (secondary N) is 2. The summed E-state index contributed by atoms with van der Waals surface area (Å²) in [6.45, 7) is 3.41. The Kier molecular flexibility index (Phi) is 5.97. The first kappa shape index (κ1) is 21.9. The number of halogens is 2. The van der Waals surface area contributed by atoms with E-state index in [1.807, 2.05) is 0 Å². The number of aromatic nitrogens is 2. The van der Waals surface area contributed by atoms with E-state index in [1.165, 1.54) is 30.3 Å². The zero-order valence-corrected chi connectivity index (χ0v) is 18.1. The van der Waals surface area contributed by atoms with Crippen molar-refractivity contribution in [3.8, 4) is 0 Å². The van der Waals surface area contributed by atoms with Crippen LogP contribution in [-0.2, 0) is 20.0 Å². The molecule has 2 N–H and O–H groups in total. The van der Waals surface area contributed by atoms with E-state index in [2.05, 4.69) is 19.4 Å². The van der Waals surface area contributed by atoms with Gasteiger partial charge in [0.1, 0.15) is 10.7 Å². The smallest absolute Gasteiger partial charge is 0.264 e. The molecular formula is C18H16ClFN4O4S2. The van der Waals surface area contributed by atoms with Crippen LogP contribution in [0.25, 0.3) is 0 Å². The molecule has 0 saturated heterocycles. The predicted molar refractivity (Wildman–Crippen MR) is 111 cm³/mol. The molecule has 0 atom stereocenters. The molecule has 0 fully saturated rings. The minimum atomic E-state index is -4.24. The number of nitrogens with zero attached hydrogens (tertiary/aromatic N) is 2. The monoisotopic (exact) mass is 470 g/mol. The van der Waals surface area contributed by atoms with Gasteiger partial charge >= 0.3 is 0 Å². The van der Waals surface area contributed by atoms with Crippen LogP contribution in [0.4, 0.5) is 16.0 Å². The highest BCUT2D eigenvalue weighted by Gasteiger charge is 2.21. The topological polar surface area (TPSA) is 118 Å². The van der Waals surface area contributed by atoms with Gasteiger partial charge in [0.15, 0.2) is 0 Å². The molecule has 3 rings (SSSR count). The molecule has 12 heteroatoms. The van der Waals surface area contributed by atoms with Gasteiger partial charge in [-0.2, -0.15) is 0 Å². The third-order valence-electron chi connectivity index (χ3n) is 3.81. The molecule has 0 saturated carbocycles. The van der Waals surface area contributed by atoms with Crippen LogP contribution in [0.5, 0.6) is 0 Å². The molecule has 3 aromatic rings. The highest BCUT2D eigenvalue weighted by atomic mass is 35.5. The van der Waals surface area contributed by atoms with E-state index in [-0.39, 0.29) is 21.6 Å². The van der Waals surface area contributed by atoms with Gasteiger partial charge in [-0.05, 0) is 62.4 Å². The van der Waals surface area contributed by atoms with Crippen molar-refractivity contribution in [2.75, 3.05) is 9.44 Å². The van der Waals surface area contributed by atoms with E-state index in [1.54, 1.807) is 19.9 Å². The Morgan fingerprint density at radius 2 is 1.43 bits per heavy atom. The third kappa shape index (κ3) is 5.04. The van der Waals surface area contributed by atoms with Crippen molar-refractivity contribution in [1.29, 1.82) is 0 Å². The Labute approximate surface area is 178 Å². The van der Waals surface area contributed by atoms with Crippen LogP contribution in [0.2, 0.25) is 5.02 Å². The van der Waals surface area contributed by atoms with Gasteiger partial charge in [0.05, 0.1) is 4.90 Å². The molecular weight excluding hydrogens is 455 g/mol. The number of hydrogen-bond acceptors (Lipinski definition) is 6. The minimum Gasteiger partial charge on any atom is -0.280 e. The normalized spacial score (nSPS) is 11.9. The Balaban J connectivity index is 1.81. The van der Waals surface area contributed by atoms with Gasteiger partial charge in [-0.15, -0.1) is 0 Å². The number of hydrogen-bond donors (Lipinski definition) is 2. The van der Waals surface area contributed by atoms with E-state index in [0.717, 1.165) is 12.1 Å². The zero-order valence-electron chi connectivity index (χ0n) is 15.7. The van der Waals surface area contributed by atoms with Crippen molar-refractivity contribution >= 4 is 43.3 Å². The van der Waals surface area contributed by atoms with Crippen LogP contribution in [0, 0.1) is 19.7 Å². The van der Waals surface area contributed by atoms with Crippen molar-refractivity contribution < 1.29 is 21.2 Å². The van der Waals surface area contributed by atoms with Crippen LogP contribution < -0.4 is 9.44 Å². The summed E-state index contributed by atoms with van der Waals surface area (Å²) in [7, 11) is -8.23. The quantitative estimate of drug-likeness (QED) is 0.569. The Hall–Kier alpha value is -2.76. The molecule has 0 aliphatic rings. The van der Waals surface area contributed by atoms with Crippen LogP contribution in [-0.4, -0.2) is 26.8 Å². The molecule has 158 valence electrons. The highest BCUT2D eigenvalue weighted by Crippen LogP contribution is 2.23. The largest absolute Gasteiger partial charge is 0.280 e. The number of rotatable bonds is 6. The van der Waals surface area contributed by atoms with Crippen molar-refractivity contribution in [1.82, 2.24) is 9.97 Å². The summed E-state index contributed by atoms with van der Waals surface area (Å²) in [5, 5.41) is 0.0568. The van der Waals surface area contributed by atoms with Gasteiger partial charge < -0.3 is 0 Å². The van der Waals surface area contributed by atoms with Crippen molar-refractivity contribution in [2.45, 2.75) is 23.6 Å². The summed E-state index contributed by atoms with van der Waals surface area (Å²) in [6.07, 6.45) is 0. The summed E-state index contributed by atoms with van der Waals surface area (Å²) < 4.78 is 68.2. The molecule has 0 aliphatic heterocycles. The zero-order chi connectivity index (χ0) is 22.1. The highest BCUT2D eigenvalue weighted by molar-refractivity contribution is 7.93. The summed E-state index contributed by atoms with van der Waals surface area (Å²) in [4.78, 5) is 7.32. The Bertz CT molecular complexity index is 1290. The first-order valence-electron chi connectivity index (χ1n) is 8.39. The average molecular weight is 471 g/mol. The van der Waals surface area contributed by atoms with Gasteiger partial charge in [0.25, 0.3) is 20.0 Å². The standard InChI is InChI=1S/C18H16ClFN4O4S2/c1-11-9-12(2)22-18(21-11)24-29(25,26)15-6-4-14(5-7-15)23-30(27,28)17-8-3-13(19)10-16(17)20/h3-10,23H,1-2H3,(H,21,22,24). The average Bonchev–Trinajstić information content (AvgIpc) is 2.60. The van der Waals surface area contributed by atoms with Crippen LogP contribution in [0.1, 0.15) is 11.4 Å². The van der Waals surface area contributed by atoms with E-state index in [0.29, 0.717) is 11.4 Å². The lowest BCUT2D eigenvalue weighted by molar-refractivity contribution is 0.570. The fraction of sp³-hybridized carbons (Fsp3) is 0.111. The Morgan fingerprint density at radius 3 is 2.00 bits per heavy atom. The molecule has 1 aromatic heterocycles. The molecule has 0 spiro atoms. The number of aryl methyl sites for hydroxylation is 2. The second kappa shape index (κ2) is 8.17. The van der Waals surface area contributed by atoms with Gasteiger partial charge in [-0.1, -0.05) is 11.6 Å². The number of anilines is 2. The van der Waals surface area contributed by atoms with Crippen molar-refractivity contribution in [2.24, 2.45) is 0 Å². The van der Waals surface area contributed by atoms with Crippen LogP contribution >= 0.6 is 11.6 Å². The SMILES string of the molecule is Cc1cc(C)nc(NS(=O)(=O)c2ccc(NS(=O)(=O)c3ccc(Cl)cc3F)cc2)n1. The summed E-state index contributed by atoms with van der Waals surface area (Å²) in [5.74, 6) is -1.08. The van der Waals surface area contributed by atoms with Gasteiger partial charge in [-0.3, -0.25) is 4.72 Å². The molecule has 0 unspecified atom stereocenters. The molecule has 0 bridgehead atoms. The lowest BCUT2D eigenvalue weighted by Crippen LogP contribution is -2.16. The third-order valence-corrected chi connectivity index (χ3v) is 6.80. The maximum atomic E-state index is 13.9. The van der Waals surface area contributed by atoms with Gasteiger partial charge in [0.2, 0.25) is 5.95 Å². The predicted octanol–water partition coefficient (Wildman–Crippen LogP) is 3.49. The lowest BCUT2D eigenvalue weighted by atomic mass is 10.3. The first-order valence-corrected chi connectivity index (χ1v) is 11.7. The van der Waals surface area contributed by atoms with E-state index >= 15 is 0 Å². The second-order valence-electron chi connectivity index (χ2n) is 6.28. The minimum absolute atomic E-state index is 0.0472. The Morgan fingerprint density at radius 1 is 0.833 bits per heavy atom. The molecule has 0 radical (unpaired) electrons. The van der Waals surface area contributed by atoms with E-state index < -0.39 is 30.8 Å². The fourth-order valence-electron chi connectivity index (χ4n) is 2.56. The number of sulfonamides is 2. The molecule has 8 nitrogen and oxygen atoms in total. The summed E-state index contributed by atoms with van der Waals surface area (Å²) in [5.41, 5.74) is 1.24. The molecule has 0 aliphatic carbocycles. The summed E-state index contributed by atoms with van der Waals surface area (Å²) in [6, 6.07) is 9.73. The van der Waals surface area contributed by atoms with Gasteiger partial charge in [0, 0.05) is 22.1 Å². The fourth-order valence-corrected chi connectivity index (χ4v) is 4.78. The maximum absolute atomic E-state index is 13.9.